The smallest absolute Gasteiger partial charge is 0.249 e. The fourth-order valence-corrected chi connectivity index (χ4v) is 3.79. The monoisotopic (exact) mass is 371 g/mol. The molecule has 0 aliphatic heterocycles. The third-order valence-corrected chi connectivity index (χ3v) is 5.18. The van der Waals surface area contributed by atoms with Gasteiger partial charge in [0.05, 0.1) is 5.52 Å². The lowest BCUT2D eigenvalue weighted by molar-refractivity contribution is 0.0992. The van der Waals surface area contributed by atoms with E-state index in [0.717, 1.165) is 33.8 Å². The molecule has 4 rings (SSSR count). The van der Waals surface area contributed by atoms with Gasteiger partial charge in [-0.15, -0.1) is 0 Å². The first kappa shape index (κ1) is 17.8. The van der Waals surface area contributed by atoms with Crippen LogP contribution in [0.4, 0.5) is 0 Å². The Balaban J connectivity index is 2.00. The Labute approximate surface area is 162 Å². The Kier molecular flexibility index (Phi) is 4.35. The van der Waals surface area contributed by atoms with Gasteiger partial charge in [-0.05, 0) is 47.9 Å². The zero-order chi connectivity index (χ0) is 19.8. The average Bonchev–Trinajstić information content (AvgIpc) is 3.01. The third kappa shape index (κ3) is 2.91. The lowest BCUT2D eigenvalue weighted by atomic mass is 10.0. The predicted octanol–water partition coefficient (Wildman–Crippen LogP) is 3.60. The molecule has 0 bridgehead atoms. The Bertz CT molecular complexity index is 1240. The number of carbonyl (C=O) groups excluding carboxylic acids is 2. The van der Waals surface area contributed by atoms with E-state index in [-0.39, 0.29) is 0 Å². The second kappa shape index (κ2) is 6.85. The van der Waals surface area contributed by atoms with E-state index in [1.165, 1.54) is 5.56 Å². The van der Waals surface area contributed by atoms with Crippen molar-refractivity contribution < 1.29 is 9.59 Å². The highest BCUT2D eigenvalue weighted by Gasteiger charge is 2.17. The van der Waals surface area contributed by atoms with E-state index < -0.39 is 11.8 Å². The fourth-order valence-electron chi connectivity index (χ4n) is 3.79. The van der Waals surface area contributed by atoms with Crippen LogP contribution in [-0.4, -0.2) is 16.4 Å². The number of nitrogens with zero attached hydrogens (tertiary/aromatic N) is 1. The molecule has 5 heteroatoms. The van der Waals surface area contributed by atoms with Gasteiger partial charge in [0.1, 0.15) is 0 Å². The normalized spacial score (nSPS) is 11.2. The Morgan fingerprint density at radius 1 is 0.857 bits per heavy atom. The largest absolute Gasteiger partial charge is 0.366 e. The molecule has 0 fully saturated rings. The summed E-state index contributed by atoms with van der Waals surface area (Å²) in [4.78, 5) is 23.6. The van der Waals surface area contributed by atoms with Crippen LogP contribution >= 0.6 is 0 Å². The van der Waals surface area contributed by atoms with Crippen molar-refractivity contribution in [2.75, 3.05) is 0 Å². The standard InChI is InChI=1S/C23H21N3O2/c1-2-14-9-10-17-20(12-14)26(13-15-5-3-6-16(11-15)22(24)27)19-8-4-7-18(21(17)19)23(25)28/h3-12H,2,13H2,1H3,(H2,24,27)(H2,25,28). The number of nitrogens with two attached hydrogens (primary N) is 2. The maximum absolute atomic E-state index is 12.0. The minimum absolute atomic E-state index is 0.444. The van der Waals surface area contributed by atoms with Gasteiger partial charge >= 0.3 is 0 Å². The van der Waals surface area contributed by atoms with Crippen molar-refractivity contribution >= 4 is 33.6 Å². The van der Waals surface area contributed by atoms with Gasteiger partial charge in [-0.3, -0.25) is 9.59 Å². The number of benzene rings is 3. The quantitative estimate of drug-likeness (QED) is 0.561. The van der Waals surface area contributed by atoms with E-state index in [2.05, 4.69) is 29.7 Å². The Morgan fingerprint density at radius 3 is 2.36 bits per heavy atom. The first-order chi connectivity index (χ1) is 13.5. The molecule has 1 aromatic heterocycles. The molecular weight excluding hydrogens is 350 g/mol. The second-order valence-corrected chi connectivity index (χ2v) is 6.92. The van der Waals surface area contributed by atoms with Gasteiger partial charge in [-0.2, -0.15) is 0 Å². The molecule has 0 atom stereocenters. The van der Waals surface area contributed by atoms with Crippen molar-refractivity contribution in [3.8, 4) is 0 Å². The minimum Gasteiger partial charge on any atom is -0.366 e. The van der Waals surface area contributed by atoms with Crippen LogP contribution in [0, 0.1) is 0 Å². The maximum Gasteiger partial charge on any atom is 0.249 e. The zero-order valence-electron chi connectivity index (χ0n) is 15.6. The van der Waals surface area contributed by atoms with Gasteiger partial charge in [0.25, 0.3) is 0 Å². The van der Waals surface area contributed by atoms with Crippen LogP contribution in [0.1, 0.15) is 38.8 Å². The number of primary amides is 2. The minimum atomic E-state index is -0.451. The number of hydrogen-bond donors (Lipinski definition) is 2. The molecule has 0 saturated carbocycles. The second-order valence-electron chi connectivity index (χ2n) is 6.92. The van der Waals surface area contributed by atoms with Crippen LogP contribution < -0.4 is 11.5 Å². The summed E-state index contributed by atoms with van der Waals surface area (Å²) in [5.41, 5.74) is 16.2. The summed E-state index contributed by atoms with van der Waals surface area (Å²) in [6.45, 7) is 2.66. The molecule has 0 unspecified atom stereocenters. The lowest BCUT2D eigenvalue weighted by Crippen LogP contribution is -2.12. The summed E-state index contributed by atoms with van der Waals surface area (Å²) in [6.07, 6.45) is 0.914. The van der Waals surface area contributed by atoms with Crippen molar-refractivity contribution in [1.29, 1.82) is 0 Å². The average molecular weight is 371 g/mol. The van der Waals surface area contributed by atoms with Crippen LogP contribution in [0.25, 0.3) is 21.8 Å². The number of aromatic nitrogens is 1. The highest BCUT2D eigenvalue weighted by atomic mass is 16.1. The predicted molar refractivity (Wildman–Crippen MR) is 111 cm³/mol. The molecule has 4 aromatic rings. The topological polar surface area (TPSA) is 91.1 Å². The van der Waals surface area contributed by atoms with E-state index in [4.69, 9.17) is 11.5 Å². The van der Waals surface area contributed by atoms with E-state index in [0.29, 0.717) is 17.7 Å². The summed E-state index contributed by atoms with van der Waals surface area (Å²) in [5.74, 6) is -0.895. The number of rotatable bonds is 5. The Hall–Kier alpha value is -3.60. The molecule has 4 N–H and O–H groups in total. The number of carbonyl (C=O) groups is 2. The SMILES string of the molecule is CCc1ccc2c3c(C(N)=O)cccc3n(Cc3cccc(C(N)=O)c3)c2c1. The summed E-state index contributed by atoms with van der Waals surface area (Å²) in [6, 6.07) is 19.2. The summed E-state index contributed by atoms with van der Waals surface area (Å²) < 4.78 is 2.16. The van der Waals surface area contributed by atoms with Gasteiger partial charge in [-0.25, -0.2) is 0 Å². The van der Waals surface area contributed by atoms with E-state index >= 15 is 0 Å². The molecule has 140 valence electrons. The number of fused-ring (bicyclic) bond motifs is 3. The molecule has 5 nitrogen and oxygen atoms in total. The van der Waals surface area contributed by atoms with Crippen LogP contribution in [-0.2, 0) is 13.0 Å². The number of amides is 2. The van der Waals surface area contributed by atoms with Crippen molar-refractivity contribution in [2.45, 2.75) is 19.9 Å². The van der Waals surface area contributed by atoms with Gasteiger partial charge in [0.15, 0.2) is 0 Å². The molecular formula is C23H21N3O2. The summed E-state index contributed by atoms with van der Waals surface area (Å²) in [7, 11) is 0. The van der Waals surface area contributed by atoms with Crippen molar-refractivity contribution in [3.05, 3.63) is 82.9 Å². The molecule has 0 spiro atoms. The van der Waals surface area contributed by atoms with Gasteiger partial charge < -0.3 is 16.0 Å². The number of hydrogen-bond acceptors (Lipinski definition) is 2. The molecule has 0 radical (unpaired) electrons. The lowest BCUT2D eigenvalue weighted by Gasteiger charge is -2.10. The molecule has 1 heterocycles. The van der Waals surface area contributed by atoms with Gasteiger partial charge in [0.2, 0.25) is 11.8 Å². The molecule has 3 aromatic carbocycles. The van der Waals surface area contributed by atoms with Crippen LogP contribution in [0.2, 0.25) is 0 Å². The molecule has 0 aliphatic carbocycles. The molecule has 0 saturated heterocycles. The van der Waals surface area contributed by atoms with Crippen LogP contribution in [0.5, 0.6) is 0 Å². The van der Waals surface area contributed by atoms with Crippen LogP contribution in [0.15, 0.2) is 60.7 Å². The molecule has 28 heavy (non-hydrogen) atoms. The summed E-state index contributed by atoms with van der Waals surface area (Å²) in [5, 5.41) is 1.85. The van der Waals surface area contributed by atoms with Crippen LogP contribution in [0.3, 0.4) is 0 Å². The molecule has 0 aliphatic rings. The third-order valence-electron chi connectivity index (χ3n) is 5.18. The van der Waals surface area contributed by atoms with Gasteiger partial charge in [0, 0.05) is 34.0 Å². The summed E-state index contributed by atoms with van der Waals surface area (Å²) >= 11 is 0. The van der Waals surface area contributed by atoms with E-state index in [9.17, 15) is 9.59 Å². The highest BCUT2D eigenvalue weighted by molar-refractivity contribution is 6.18. The fraction of sp³-hybridized carbons (Fsp3) is 0.130. The first-order valence-corrected chi connectivity index (χ1v) is 9.22. The van der Waals surface area contributed by atoms with E-state index in [1.54, 1.807) is 12.1 Å². The Morgan fingerprint density at radius 2 is 1.64 bits per heavy atom. The highest BCUT2D eigenvalue weighted by Crippen LogP contribution is 2.33. The first-order valence-electron chi connectivity index (χ1n) is 9.22. The van der Waals surface area contributed by atoms with Crippen molar-refractivity contribution in [3.63, 3.8) is 0 Å². The molecule has 2 amide bonds. The van der Waals surface area contributed by atoms with E-state index in [1.807, 2.05) is 30.3 Å². The maximum atomic E-state index is 12.0. The zero-order valence-corrected chi connectivity index (χ0v) is 15.6. The number of aryl methyl sites for hydroxylation is 1. The van der Waals surface area contributed by atoms with Crippen molar-refractivity contribution in [1.82, 2.24) is 4.57 Å². The van der Waals surface area contributed by atoms with Gasteiger partial charge in [-0.1, -0.05) is 37.3 Å². The van der Waals surface area contributed by atoms with Crippen molar-refractivity contribution in [2.24, 2.45) is 11.5 Å².